The fraction of sp³-hybridized carbons (Fsp3) is 0.412. The Morgan fingerprint density at radius 1 is 1.33 bits per heavy atom. The summed E-state index contributed by atoms with van der Waals surface area (Å²) >= 11 is 0. The number of hydrogen-bond donors (Lipinski definition) is 1. The van der Waals surface area contributed by atoms with Gasteiger partial charge in [0, 0.05) is 43.7 Å². The van der Waals surface area contributed by atoms with Crippen LogP contribution in [-0.4, -0.2) is 33.6 Å². The lowest BCUT2D eigenvalue weighted by atomic mass is 9.95. The Morgan fingerprint density at radius 2 is 2.21 bits per heavy atom. The predicted octanol–water partition coefficient (Wildman–Crippen LogP) is 3.10. The highest BCUT2D eigenvalue weighted by Gasteiger charge is 2.29. The summed E-state index contributed by atoms with van der Waals surface area (Å²) in [7, 11) is 0. The number of benzene rings is 1. The van der Waals surface area contributed by atoms with Crippen LogP contribution in [0.2, 0.25) is 0 Å². The topological polar surface area (TPSA) is 50.2 Å². The zero-order valence-electron chi connectivity index (χ0n) is 13.3. The number of aromatic nitrogens is 2. The van der Waals surface area contributed by atoms with Gasteiger partial charge in [-0.3, -0.25) is 0 Å². The van der Waals surface area contributed by atoms with Gasteiger partial charge in [-0.15, -0.1) is 0 Å². The van der Waals surface area contributed by atoms with Crippen molar-refractivity contribution in [3.63, 3.8) is 0 Å². The summed E-state index contributed by atoms with van der Waals surface area (Å²) in [6.45, 7) is 1.65. The van der Waals surface area contributed by atoms with Gasteiger partial charge in [0.1, 0.15) is 11.6 Å². The van der Waals surface area contributed by atoms with E-state index in [0.717, 1.165) is 18.9 Å². The molecule has 2 heterocycles. The van der Waals surface area contributed by atoms with Crippen LogP contribution in [0.4, 0.5) is 13.6 Å². The van der Waals surface area contributed by atoms with Crippen molar-refractivity contribution in [2.24, 2.45) is 0 Å². The smallest absolute Gasteiger partial charge is 0.317 e. The van der Waals surface area contributed by atoms with E-state index in [1.165, 1.54) is 12.1 Å². The number of hydrogen-bond acceptors (Lipinski definition) is 2. The molecule has 128 valence electrons. The van der Waals surface area contributed by atoms with Crippen molar-refractivity contribution in [2.45, 2.75) is 31.8 Å². The van der Waals surface area contributed by atoms with Gasteiger partial charge in [0.25, 0.3) is 0 Å². The molecule has 1 atom stereocenters. The zero-order valence-corrected chi connectivity index (χ0v) is 13.3. The molecule has 3 rings (SSSR count). The zero-order chi connectivity index (χ0) is 16.9. The maximum absolute atomic E-state index is 14.1. The van der Waals surface area contributed by atoms with Crippen LogP contribution >= 0.6 is 0 Å². The molecule has 1 fully saturated rings. The van der Waals surface area contributed by atoms with Crippen molar-refractivity contribution in [1.29, 1.82) is 0 Å². The Morgan fingerprint density at radius 3 is 2.96 bits per heavy atom. The third-order valence-corrected chi connectivity index (χ3v) is 4.29. The number of carbonyl (C=O) groups excluding carboxylic acids is 1. The van der Waals surface area contributed by atoms with Crippen LogP contribution in [0.25, 0.3) is 0 Å². The minimum atomic E-state index is -0.608. The van der Waals surface area contributed by atoms with Crippen LogP contribution in [0.15, 0.2) is 36.9 Å². The molecule has 1 aromatic carbocycles. The molecular formula is C17H20F2N4O. The largest absolute Gasteiger partial charge is 0.336 e. The van der Waals surface area contributed by atoms with Gasteiger partial charge in [0.15, 0.2) is 0 Å². The number of likely N-dealkylation sites (tertiary alicyclic amines) is 1. The number of imidazole rings is 1. The van der Waals surface area contributed by atoms with Crippen LogP contribution in [0, 0.1) is 11.6 Å². The van der Waals surface area contributed by atoms with E-state index < -0.39 is 11.6 Å². The summed E-state index contributed by atoms with van der Waals surface area (Å²) in [5, 5.41) is 2.86. The number of nitrogens with zero attached hydrogens (tertiary/aromatic N) is 3. The number of piperidine rings is 1. The molecule has 0 spiro atoms. The molecule has 0 saturated carbocycles. The number of carbonyl (C=O) groups is 1. The number of amides is 2. The molecule has 0 radical (unpaired) electrons. The maximum Gasteiger partial charge on any atom is 0.317 e. The van der Waals surface area contributed by atoms with Gasteiger partial charge in [-0.25, -0.2) is 18.6 Å². The molecule has 1 aliphatic heterocycles. The monoisotopic (exact) mass is 334 g/mol. The summed E-state index contributed by atoms with van der Waals surface area (Å²) in [6.07, 6.45) is 7.67. The van der Waals surface area contributed by atoms with Crippen molar-refractivity contribution >= 4 is 6.03 Å². The molecule has 2 aromatic rings. The first-order chi connectivity index (χ1) is 11.6. The molecule has 1 N–H and O–H groups in total. The lowest BCUT2D eigenvalue weighted by Gasteiger charge is -2.36. The highest BCUT2D eigenvalue weighted by Crippen LogP contribution is 2.32. The van der Waals surface area contributed by atoms with Crippen molar-refractivity contribution in [3.05, 3.63) is 54.1 Å². The fourth-order valence-corrected chi connectivity index (χ4v) is 3.08. The molecule has 0 aliphatic carbocycles. The summed E-state index contributed by atoms with van der Waals surface area (Å²) in [4.78, 5) is 18.1. The Hall–Kier alpha value is -2.44. The van der Waals surface area contributed by atoms with E-state index in [9.17, 15) is 13.6 Å². The highest BCUT2D eigenvalue weighted by atomic mass is 19.1. The molecule has 1 aliphatic rings. The van der Waals surface area contributed by atoms with E-state index in [1.54, 1.807) is 17.4 Å². The minimum absolute atomic E-state index is 0.219. The third kappa shape index (κ3) is 3.72. The van der Waals surface area contributed by atoms with E-state index in [-0.39, 0.29) is 12.1 Å². The van der Waals surface area contributed by atoms with Gasteiger partial charge in [-0.05, 0) is 25.3 Å². The van der Waals surface area contributed by atoms with Gasteiger partial charge in [-0.1, -0.05) is 6.07 Å². The Balaban J connectivity index is 1.66. The molecule has 5 nitrogen and oxygen atoms in total. The number of rotatable bonds is 4. The first-order valence-corrected chi connectivity index (χ1v) is 8.10. The van der Waals surface area contributed by atoms with Crippen molar-refractivity contribution in [1.82, 2.24) is 19.8 Å². The van der Waals surface area contributed by atoms with Crippen molar-refractivity contribution in [2.75, 3.05) is 13.1 Å². The summed E-state index contributed by atoms with van der Waals surface area (Å²) < 4.78 is 29.1. The molecule has 0 unspecified atom stereocenters. The summed E-state index contributed by atoms with van der Waals surface area (Å²) in [6, 6.07) is 2.98. The van der Waals surface area contributed by atoms with E-state index in [2.05, 4.69) is 10.3 Å². The van der Waals surface area contributed by atoms with Crippen LogP contribution in [-0.2, 0) is 6.54 Å². The number of nitrogens with one attached hydrogen (secondary N) is 1. The summed E-state index contributed by atoms with van der Waals surface area (Å²) in [5.74, 6) is -1.21. The van der Waals surface area contributed by atoms with Crippen LogP contribution in [0.1, 0.15) is 30.9 Å². The van der Waals surface area contributed by atoms with Crippen molar-refractivity contribution in [3.8, 4) is 0 Å². The lowest BCUT2D eigenvalue weighted by molar-refractivity contribution is 0.149. The molecular weight excluding hydrogens is 314 g/mol. The average Bonchev–Trinajstić information content (AvgIpc) is 3.08. The second kappa shape index (κ2) is 7.42. The fourth-order valence-electron chi connectivity index (χ4n) is 3.08. The molecule has 7 heteroatoms. The van der Waals surface area contributed by atoms with Gasteiger partial charge in [0.2, 0.25) is 0 Å². The molecule has 1 aromatic heterocycles. The Labute approximate surface area is 139 Å². The third-order valence-electron chi connectivity index (χ3n) is 4.29. The normalized spacial score (nSPS) is 17.8. The van der Waals surface area contributed by atoms with Gasteiger partial charge in [0.05, 0.1) is 12.4 Å². The number of halogens is 2. The predicted molar refractivity (Wildman–Crippen MR) is 85.3 cm³/mol. The van der Waals surface area contributed by atoms with Gasteiger partial charge >= 0.3 is 6.03 Å². The van der Waals surface area contributed by atoms with Crippen LogP contribution < -0.4 is 5.32 Å². The standard InChI is InChI=1S/C17H20F2N4O/c18-13-4-5-14(15(19)11-13)16-3-1-2-8-23(16)17(24)21-7-10-22-9-6-20-12-22/h4-6,9,11-12,16H,1-3,7-8,10H2,(H,21,24)/t16-/m1/s1. The van der Waals surface area contributed by atoms with E-state index in [1.807, 2.05) is 10.8 Å². The van der Waals surface area contributed by atoms with Crippen molar-refractivity contribution < 1.29 is 13.6 Å². The average molecular weight is 334 g/mol. The maximum atomic E-state index is 14.1. The van der Waals surface area contributed by atoms with Gasteiger partial charge < -0.3 is 14.8 Å². The Bertz CT molecular complexity index is 690. The Kier molecular flexibility index (Phi) is 5.08. The second-order valence-electron chi connectivity index (χ2n) is 5.90. The SMILES string of the molecule is O=C(NCCn1ccnc1)N1CCCC[C@@H]1c1ccc(F)cc1F. The van der Waals surface area contributed by atoms with E-state index in [4.69, 9.17) is 0 Å². The highest BCUT2D eigenvalue weighted by molar-refractivity contribution is 5.74. The molecule has 24 heavy (non-hydrogen) atoms. The second-order valence-corrected chi connectivity index (χ2v) is 5.90. The van der Waals surface area contributed by atoms with E-state index in [0.29, 0.717) is 31.6 Å². The van der Waals surface area contributed by atoms with E-state index >= 15 is 0 Å². The minimum Gasteiger partial charge on any atom is -0.336 e. The molecule has 1 saturated heterocycles. The quantitative estimate of drug-likeness (QED) is 0.934. The number of urea groups is 1. The first-order valence-electron chi connectivity index (χ1n) is 8.10. The molecule has 2 amide bonds. The molecule has 0 bridgehead atoms. The van der Waals surface area contributed by atoms with Crippen LogP contribution in [0.3, 0.4) is 0 Å². The lowest BCUT2D eigenvalue weighted by Crippen LogP contribution is -2.45. The van der Waals surface area contributed by atoms with Gasteiger partial charge in [-0.2, -0.15) is 0 Å². The van der Waals surface area contributed by atoms with Crippen LogP contribution in [0.5, 0.6) is 0 Å². The summed E-state index contributed by atoms with van der Waals surface area (Å²) in [5.41, 5.74) is 0.376. The first kappa shape index (κ1) is 16.4.